The Hall–Kier alpha value is -2.34. The van der Waals surface area contributed by atoms with Crippen molar-refractivity contribution in [1.82, 2.24) is 4.98 Å². The molecule has 0 aliphatic carbocycles. The van der Waals surface area contributed by atoms with E-state index in [9.17, 15) is 8.42 Å². The van der Waals surface area contributed by atoms with Gasteiger partial charge in [0.25, 0.3) is 10.0 Å². The quantitative estimate of drug-likeness (QED) is 0.802. The third-order valence-corrected chi connectivity index (χ3v) is 4.78. The zero-order chi connectivity index (χ0) is 15.9. The number of nitrogens with zero attached hydrogens (tertiary/aromatic N) is 1. The first-order valence-electron chi connectivity index (χ1n) is 6.82. The maximum Gasteiger partial charge on any atom is 0.261 e. The molecule has 22 heavy (non-hydrogen) atoms. The number of aryl methyl sites for hydroxylation is 3. The summed E-state index contributed by atoms with van der Waals surface area (Å²) in [5, 5.41) is 0. The molecule has 1 N–H and O–H groups in total. The Bertz CT molecular complexity index is 959. The van der Waals surface area contributed by atoms with Crippen LogP contribution < -0.4 is 4.72 Å². The molecule has 0 atom stereocenters. The maximum absolute atomic E-state index is 12.5. The lowest BCUT2D eigenvalue weighted by Gasteiger charge is -2.11. The van der Waals surface area contributed by atoms with Crippen molar-refractivity contribution in [2.24, 2.45) is 0 Å². The molecular formula is C16H16N2O3S. The summed E-state index contributed by atoms with van der Waals surface area (Å²) in [6.45, 7) is 5.51. The lowest BCUT2D eigenvalue weighted by Crippen LogP contribution is -2.13. The summed E-state index contributed by atoms with van der Waals surface area (Å²) >= 11 is 0. The third-order valence-electron chi connectivity index (χ3n) is 3.41. The normalized spacial score (nSPS) is 11.8. The summed E-state index contributed by atoms with van der Waals surface area (Å²) in [4.78, 5) is 4.33. The highest BCUT2D eigenvalue weighted by molar-refractivity contribution is 7.92. The molecular weight excluding hydrogens is 300 g/mol. The van der Waals surface area contributed by atoms with E-state index in [1.165, 1.54) is 12.1 Å². The fourth-order valence-electron chi connectivity index (χ4n) is 2.24. The molecule has 1 aromatic heterocycles. The van der Waals surface area contributed by atoms with Gasteiger partial charge in [0.1, 0.15) is 5.52 Å². The first-order chi connectivity index (χ1) is 10.3. The summed E-state index contributed by atoms with van der Waals surface area (Å²) in [7, 11) is -3.67. The Kier molecular flexibility index (Phi) is 3.41. The van der Waals surface area contributed by atoms with E-state index in [2.05, 4.69) is 9.71 Å². The molecule has 5 nitrogen and oxygen atoms in total. The van der Waals surface area contributed by atoms with Gasteiger partial charge in [-0.1, -0.05) is 12.1 Å². The average molecular weight is 316 g/mol. The Labute approximate surface area is 129 Å². The fraction of sp³-hybridized carbons (Fsp3) is 0.188. The van der Waals surface area contributed by atoms with E-state index in [1.807, 2.05) is 32.0 Å². The highest BCUT2D eigenvalue weighted by Crippen LogP contribution is 2.24. The van der Waals surface area contributed by atoms with Gasteiger partial charge >= 0.3 is 0 Å². The molecule has 0 bridgehead atoms. The van der Waals surface area contributed by atoms with Crippen LogP contribution in [0.15, 0.2) is 45.7 Å². The molecule has 1 heterocycles. The maximum atomic E-state index is 12.5. The zero-order valence-electron chi connectivity index (χ0n) is 12.5. The standard InChI is InChI=1S/C16H16N2O3S/c1-10-4-5-11(2)14(8-10)18-22(19,20)13-6-7-16-15(9-13)17-12(3)21-16/h4-9,18H,1-3H3. The first kappa shape index (κ1) is 14.6. The number of rotatable bonds is 3. The van der Waals surface area contributed by atoms with Gasteiger partial charge in [0, 0.05) is 6.92 Å². The topological polar surface area (TPSA) is 72.2 Å². The van der Waals surface area contributed by atoms with Crippen molar-refractivity contribution in [2.75, 3.05) is 4.72 Å². The molecule has 0 aliphatic rings. The number of benzene rings is 2. The molecule has 0 saturated heterocycles. The summed E-state index contributed by atoms with van der Waals surface area (Å²) in [5.41, 5.74) is 3.54. The van der Waals surface area contributed by atoms with Gasteiger partial charge in [-0.2, -0.15) is 0 Å². The van der Waals surface area contributed by atoms with Crippen LogP contribution in [-0.2, 0) is 10.0 Å². The SMILES string of the molecule is Cc1ccc(C)c(NS(=O)(=O)c2ccc3oc(C)nc3c2)c1. The largest absolute Gasteiger partial charge is 0.441 e. The van der Waals surface area contributed by atoms with Gasteiger partial charge in [0.05, 0.1) is 10.6 Å². The number of fused-ring (bicyclic) bond motifs is 1. The second-order valence-electron chi connectivity index (χ2n) is 5.29. The summed E-state index contributed by atoms with van der Waals surface area (Å²) in [6.07, 6.45) is 0. The van der Waals surface area contributed by atoms with Crippen molar-refractivity contribution in [1.29, 1.82) is 0 Å². The number of sulfonamides is 1. The Balaban J connectivity index is 2.02. The fourth-order valence-corrected chi connectivity index (χ4v) is 3.38. The van der Waals surface area contributed by atoms with Crippen LogP contribution in [0.4, 0.5) is 5.69 Å². The second kappa shape index (κ2) is 5.14. The van der Waals surface area contributed by atoms with Crippen molar-refractivity contribution < 1.29 is 12.8 Å². The summed E-state index contributed by atoms with van der Waals surface area (Å²) in [5.74, 6) is 0.507. The smallest absolute Gasteiger partial charge is 0.261 e. The first-order valence-corrected chi connectivity index (χ1v) is 8.31. The van der Waals surface area contributed by atoms with Gasteiger partial charge in [-0.15, -0.1) is 0 Å². The highest BCUT2D eigenvalue weighted by atomic mass is 32.2. The van der Waals surface area contributed by atoms with Crippen LogP contribution in [0.25, 0.3) is 11.1 Å². The van der Waals surface area contributed by atoms with Crippen LogP contribution in [0.1, 0.15) is 17.0 Å². The van der Waals surface area contributed by atoms with Crippen molar-refractivity contribution in [3.05, 3.63) is 53.4 Å². The van der Waals surface area contributed by atoms with Crippen LogP contribution in [-0.4, -0.2) is 13.4 Å². The summed E-state index contributed by atoms with van der Waals surface area (Å²) < 4.78 is 33.1. The molecule has 2 aromatic carbocycles. The molecule has 0 spiro atoms. The number of aromatic nitrogens is 1. The predicted molar refractivity (Wildman–Crippen MR) is 85.5 cm³/mol. The minimum Gasteiger partial charge on any atom is -0.441 e. The minimum absolute atomic E-state index is 0.161. The Morgan fingerprint density at radius 2 is 1.82 bits per heavy atom. The molecule has 3 aromatic rings. The second-order valence-corrected chi connectivity index (χ2v) is 6.97. The van der Waals surface area contributed by atoms with E-state index in [-0.39, 0.29) is 4.90 Å². The number of oxazole rings is 1. The van der Waals surface area contributed by atoms with Gasteiger partial charge in [-0.05, 0) is 49.2 Å². The molecule has 0 unspecified atom stereocenters. The molecule has 3 rings (SSSR count). The number of nitrogens with one attached hydrogen (secondary N) is 1. The molecule has 0 aliphatic heterocycles. The lowest BCUT2D eigenvalue weighted by molar-refractivity contribution is 0.561. The van der Waals surface area contributed by atoms with Crippen LogP contribution in [0, 0.1) is 20.8 Å². The van der Waals surface area contributed by atoms with E-state index in [0.717, 1.165) is 11.1 Å². The third kappa shape index (κ3) is 2.69. The molecule has 0 radical (unpaired) electrons. The Morgan fingerprint density at radius 3 is 2.59 bits per heavy atom. The van der Waals surface area contributed by atoms with Crippen molar-refractivity contribution in [2.45, 2.75) is 25.7 Å². The van der Waals surface area contributed by atoms with Crippen molar-refractivity contribution >= 4 is 26.8 Å². The van der Waals surface area contributed by atoms with Gasteiger partial charge in [0.15, 0.2) is 11.5 Å². The van der Waals surface area contributed by atoms with Crippen LogP contribution in [0.3, 0.4) is 0 Å². The van der Waals surface area contributed by atoms with Crippen LogP contribution in [0.5, 0.6) is 0 Å². The van der Waals surface area contributed by atoms with Crippen molar-refractivity contribution in [3.8, 4) is 0 Å². The van der Waals surface area contributed by atoms with Gasteiger partial charge in [-0.3, -0.25) is 4.72 Å². The molecule has 0 saturated carbocycles. The minimum atomic E-state index is -3.67. The average Bonchev–Trinajstić information content (AvgIpc) is 2.81. The molecule has 0 fully saturated rings. The van der Waals surface area contributed by atoms with E-state index in [0.29, 0.717) is 22.7 Å². The monoisotopic (exact) mass is 316 g/mol. The number of anilines is 1. The van der Waals surface area contributed by atoms with E-state index in [1.54, 1.807) is 13.0 Å². The van der Waals surface area contributed by atoms with E-state index in [4.69, 9.17) is 4.42 Å². The van der Waals surface area contributed by atoms with Crippen LogP contribution in [0.2, 0.25) is 0 Å². The predicted octanol–water partition coefficient (Wildman–Crippen LogP) is 3.55. The summed E-state index contributed by atoms with van der Waals surface area (Å²) in [6, 6.07) is 10.3. The highest BCUT2D eigenvalue weighted by Gasteiger charge is 2.17. The zero-order valence-corrected chi connectivity index (χ0v) is 13.4. The van der Waals surface area contributed by atoms with Gasteiger partial charge < -0.3 is 4.42 Å². The molecule has 6 heteroatoms. The molecule has 114 valence electrons. The van der Waals surface area contributed by atoms with Gasteiger partial charge in [0.2, 0.25) is 0 Å². The van der Waals surface area contributed by atoms with E-state index >= 15 is 0 Å². The van der Waals surface area contributed by atoms with Crippen LogP contribution >= 0.6 is 0 Å². The van der Waals surface area contributed by atoms with Gasteiger partial charge in [-0.25, -0.2) is 13.4 Å². The molecule has 0 amide bonds. The Morgan fingerprint density at radius 1 is 1.05 bits per heavy atom. The van der Waals surface area contributed by atoms with E-state index < -0.39 is 10.0 Å². The number of hydrogen-bond donors (Lipinski definition) is 1. The van der Waals surface area contributed by atoms with Crippen molar-refractivity contribution in [3.63, 3.8) is 0 Å². The number of hydrogen-bond acceptors (Lipinski definition) is 4. The lowest BCUT2D eigenvalue weighted by atomic mass is 10.1.